The molecule has 0 fully saturated rings. The van der Waals surface area contributed by atoms with Gasteiger partial charge in [-0.3, -0.25) is 14.4 Å². The van der Waals surface area contributed by atoms with Gasteiger partial charge in [0.15, 0.2) is 0 Å². The Hall–Kier alpha value is -3.35. The van der Waals surface area contributed by atoms with Gasteiger partial charge in [-0.15, -0.1) is 0 Å². The second-order valence-corrected chi connectivity index (χ2v) is 6.14. The Morgan fingerprint density at radius 2 is 1.75 bits per heavy atom. The molecule has 0 saturated heterocycles. The Morgan fingerprint density at radius 3 is 2.50 bits per heavy atom. The number of hydrogen-bond acceptors (Lipinski definition) is 4. The van der Waals surface area contributed by atoms with E-state index < -0.39 is 11.8 Å². The smallest absolute Gasteiger partial charge is 0.313 e. The topological polar surface area (TPSA) is 96.5 Å². The minimum absolute atomic E-state index is 0.278. The fraction of sp³-hybridized carbons (Fsp3) is 0.286. The number of benzene rings is 2. The van der Waals surface area contributed by atoms with Crippen molar-refractivity contribution in [1.29, 1.82) is 0 Å². The third-order valence-electron chi connectivity index (χ3n) is 4.03. The molecule has 2 aromatic carbocycles. The summed E-state index contributed by atoms with van der Waals surface area (Å²) in [5, 5.41) is 7.85. The molecule has 3 amide bonds. The number of rotatable bonds is 8. The SMILES string of the molecule is CCCCNC(=O)C(=O)Nc1ccccc1C(=O)NCc1cccc(OC)c1. The number of para-hydroxylation sites is 1. The van der Waals surface area contributed by atoms with Crippen LogP contribution in [0, 0.1) is 0 Å². The van der Waals surface area contributed by atoms with Gasteiger partial charge in [0, 0.05) is 13.1 Å². The highest BCUT2D eigenvalue weighted by Gasteiger charge is 2.17. The van der Waals surface area contributed by atoms with E-state index in [4.69, 9.17) is 4.74 Å². The molecule has 0 unspecified atom stereocenters. The van der Waals surface area contributed by atoms with Crippen LogP contribution in [0.3, 0.4) is 0 Å². The summed E-state index contributed by atoms with van der Waals surface area (Å²) in [5.41, 5.74) is 1.44. The van der Waals surface area contributed by atoms with Crippen molar-refractivity contribution in [3.63, 3.8) is 0 Å². The van der Waals surface area contributed by atoms with Gasteiger partial charge < -0.3 is 20.7 Å². The van der Waals surface area contributed by atoms with Crippen LogP contribution in [-0.2, 0) is 16.1 Å². The largest absolute Gasteiger partial charge is 0.497 e. The van der Waals surface area contributed by atoms with Crippen LogP contribution in [-0.4, -0.2) is 31.4 Å². The van der Waals surface area contributed by atoms with Crippen molar-refractivity contribution in [3.05, 3.63) is 59.7 Å². The molecule has 0 aliphatic heterocycles. The van der Waals surface area contributed by atoms with Crippen molar-refractivity contribution < 1.29 is 19.1 Å². The first-order valence-electron chi connectivity index (χ1n) is 9.14. The van der Waals surface area contributed by atoms with Crippen LogP contribution in [0.2, 0.25) is 0 Å². The first-order chi connectivity index (χ1) is 13.5. The predicted molar refractivity (Wildman–Crippen MR) is 107 cm³/mol. The average Bonchev–Trinajstić information content (AvgIpc) is 2.72. The summed E-state index contributed by atoms with van der Waals surface area (Å²) in [6.07, 6.45) is 1.71. The van der Waals surface area contributed by atoms with Crippen LogP contribution in [0.1, 0.15) is 35.7 Å². The highest BCUT2D eigenvalue weighted by atomic mass is 16.5. The zero-order valence-corrected chi connectivity index (χ0v) is 16.1. The standard InChI is InChI=1S/C21H25N3O4/c1-3-4-12-22-20(26)21(27)24-18-11-6-5-10-17(18)19(25)23-14-15-8-7-9-16(13-15)28-2/h5-11,13H,3-4,12,14H2,1-2H3,(H,22,26)(H,23,25)(H,24,27). The summed E-state index contributed by atoms with van der Waals surface area (Å²) in [7, 11) is 1.58. The maximum absolute atomic E-state index is 12.6. The van der Waals surface area contributed by atoms with Crippen LogP contribution in [0.15, 0.2) is 48.5 Å². The molecule has 0 aliphatic carbocycles. The first kappa shape index (κ1) is 21.0. The number of anilines is 1. The second kappa shape index (κ2) is 10.7. The van der Waals surface area contributed by atoms with Crippen LogP contribution < -0.4 is 20.7 Å². The number of methoxy groups -OCH3 is 1. The summed E-state index contributed by atoms with van der Waals surface area (Å²) in [5.74, 6) is -1.18. The summed E-state index contributed by atoms with van der Waals surface area (Å²) >= 11 is 0. The minimum atomic E-state index is -0.802. The van der Waals surface area contributed by atoms with Gasteiger partial charge in [-0.1, -0.05) is 37.6 Å². The van der Waals surface area contributed by atoms with Gasteiger partial charge in [0.1, 0.15) is 5.75 Å². The van der Waals surface area contributed by atoms with Crippen molar-refractivity contribution in [2.75, 3.05) is 19.0 Å². The zero-order chi connectivity index (χ0) is 20.4. The van der Waals surface area contributed by atoms with Crippen LogP contribution in [0.5, 0.6) is 5.75 Å². The van der Waals surface area contributed by atoms with E-state index in [-0.39, 0.29) is 17.2 Å². The third kappa shape index (κ3) is 6.12. The average molecular weight is 383 g/mol. The quantitative estimate of drug-likeness (QED) is 0.482. The molecule has 7 nitrogen and oxygen atoms in total. The molecule has 7 heteroatoms. The Bertz CT molecular complexity index is 836. The molecule has 28 heavy (non-hydrogen) atoms. The fourth-order valence-corrected chi connectivity index (χ4v) is 2.49. The van der Waals surface area contributed by atoms with Gasteiger partial charge in [0.25, 0.3) is 5.91 Å². The van der Waals surface area contributed by atoms with Gasteiger partial charge in [0.05, 0.1) is 18.4 Å². The van der Waals surface area contributed by atoms with Crippen molar-refractivity contribution in [1.82, 2.24) is 10.6 Å². The number of amides is 3. The molecule has 0 aliphatic rings. The number of unbranched alkanes of at least 4 members (excludes halogenated alkanes) is 1. The van der Waals surface area contributed by atoms with E-state index in [2.05, 4.69) is 16.0 Å². The summed E-state index contributed by atoms with van der Waals surface area (Å²) in [4.78, 5) is 36.5. The third-order valence-corrected chi connectivity index (χ3v) is 4.03. The van der Waals surface area contributed by atoms with E-state index in [1.165, 1.54) is 0 Å². The van der Waals surface area contributed by atoms with Crippen LogP contribution in [0.4, 0.5) is 5.69 Å². The molecule has 0 aromatic heterocycles. The molecular formula is C21H25N3O4. The van der Waals surface area contributed by atoms with E-state index in [9.17, 15) is 14.4 Å². The van der Waals surface area contributed by atoms with Crippen LogP contribution >= 0.6 is 0 Å². The van der Waals surface area contributed by atoms with Gasteiger partial charge in [-0.2, -0.15) is 0 Å². The fourth-order valence-electron chi connectivity index (χ4n) is 2.49. The lowest BCUT2D eigenvalue weighted by atomic mass is 10.1. The lowest BCUT2D eigenvalue weighted by Gasteiger charge is -2.12. The van der Waals surface area contributed by atoms with Crippen molar-refractivity contribution in [2.45, 2.75) is 26.3 Å². The number of hydrogen-bond donors (Lipinski definition) is 3. The first-order valence-corrected chi connectivity index (χ1v) is 9.14. The molecule has 3 N–H and O–H groups in total. The Morgan fingerprint density at radius 1 is 0.964 bits per heavy atom. The summed E-state index contributed by atoms with van der Waals surface area (Å²) in [6, 6.07) is 13.9. The molecule has 2 aromatic rings. The normalized spacial score (nSPS) is 10.1. The highest BCUT2D eigenvalue weighted by Crippen LogP contribution is 2.16. The van der Waals surface area contributed by atoms with Crippen molar-refractivity contribution in [2.24, 2.45) is 0 Å². The number of ether oxygens (including phenoxy) is 1. The Kier molecular flexibility index (Phi) is 8.02. The molecule has 0 spiro atoms. The van der Waals surface area contributed by atoms with E-state index in [1.54, 1.807) is 31.4 Å². The van der Waals surface area contributed by atoms with E-state index >= 15 is 0 Å². The molecule has 2 rings (SSSR count). The van der Waals surface area contributed by atoms with Gasteiger partial charge in [-0.25, -0.2) is 0 Å². The maximum Gasteiger partial charge on any atom is 0.313 e. The lowest BCUT2D eigenvalue weighted by molar-refractivity contribution is -0.136. The lowest BCUT2D eigenvalue weighted by Crippen LogP contribution is -2.36. The van der Waals surface area contributed by atoms with E-state index in [0.29, 0.717) is 18.8 Å². The number of carbonyl (C=O) groups is 3. The molecule has 148 valence electrons. The van der Waals surface area contributed by atoms with Crippen molar-refractivity contribution in [3.8, 4) is 5.75 Å². The Labute approximate surface area is 164 Å². The summed E-state index contributed by atoms with van der Waals surface area (Å²) in [6.45, 7) is 2.73. The molecule has 0 heterocycles. The Balaban J connectivity index is 2.00. The molecule has 0 bridgehead atoms. The van der Waals surface area contributed by atoms with E-state index in [0.717, 1.165) is 18.4 Å². The second-order valence-electron chi connectivity index (χ2n) is 6.14. The van der Waals surface area contributed by atoms with Gasteiger partial charge >= 0.3 is 11.8 Å². The number of carbonyl (C=O) groups excluding carboxylic acids is 3. The monoisotopic (exact) mass is 383 g/mol. The minimum Gasteiger partial charge on any atom is -0.497 e. The predicted octanol–water partition coefficient (Wildman–Crippen LogP) is 2.48. The molecular weight excluding hydrogens is 358 g/mol. The molecule has 0 atom stereocenters. The highest BCUT2D eigenvalue weighted by molar-refractivity contribution is 6.40. The zero-order valence-electron chi connectivity index (χ0n) is 16.1. The number of nitrogens with one attached hydrogen (secondary N) is 3. The van der Waals surface area contributed by atoms with Gasteiger partial charge in [0.2, 0.25) is 0 Å². The molecule has 0 radical (unpaired) electrons. The molecule has 0 saturated carbocycles. The summed E-state index contributed by atoms with van der Waals surface area (Å²) < 4.78 is 5.17. The maximum atomic E-state index is 12.6. The van der Waals surface area contributed by atoms with Crippen LogP contribution in [0.25, 0.3) is 0 Å². The van der Waals surface area contributed by atoms with E-state index in [1.807, 2.05) is 31.2 Å². The van der Waals surface area contributed by atoms with Crippen molar-refractivity contribution >= 4 is 23.4 Å². The van der Waals surface area contributed by atoms with Gasteiger partial charge in [-0.05, 0) is 36.2 Å².